The molecule has 21 heavy (non-hydrogen) atoms. The molecule has 0 aromatic carbocycles. The Balaban J connectivity index is 2.17. The summed E-state index contributed by atoms with van der Waals surface area (Å²) in [4.78, 5) is 27.1. The molecule has 1 aliphatic carbocycles. The molecular weight excluding hydrogens is 268 g/mol. The van der Waals surface area contributed by atoms with Crippen molar-refractivity contribution in [3.63, 3.8) is 0 Å². The zero-order chi connectivity index (χ0) is 15.8. The number of amides is 2. The predicted octanol–water partition coefficient (Wildman–Crippen LogP) is 1.71. The van der Waals surface area contributed by atoms with Gasteiger partial charge in [0.2, 0.25) is 11.8 Å². The van der Waals surface area contributed by atoms with Crippen LogP contribution in [0, 0.1) is 5.92 Å². The topological polar surface area (TPSA) is 58.6 Å². The number of nitrogens with zero attached hydrogens (tertiary/aromatic N) is 1. The van der Waals surface area contributed by atoms with Crippen LogP contribution in [0.5, 0.6) is 0 Å². The number of piperazine rings is 1. The van der Waals surface area contributed by atoms with E-state index in [1.54, 1.807) is 12.0 Å². The Hall–Kier alpha value is -1.10. The van der Waals surface area contributed by atoms with E-state index in [0.717, 1.165) is 19.3 Å². The molecule has 2 fully saturated rings. The van der Waals surface area contributed by atoms with Gasteiger partial charge in [-0.15, -0.1) is 0 Å². The van der Waals surface area contributed by atoms with E-state index in [1.807, 2.05) is 27.7 Å². The predicted molar refractivity (Wildman–Crippen MR) is 80.8 cm³/mol. The Labute approximate surface area is 127 Å². The van der Waals surface area contributed by atoms with Crippen molar-refractivity contribution in [1.29, 1.82) is 0 Å². The molecule has 1 saturated heterocycles. The van der Waals surface area contributed by atoms with Crippen molar-refractivity contribution in [3.05, 3.63) is 0 Å². The lowest BCUT2D eigenvalue weighted by atomic mass is 9.88. The standard InChI is InChI=1S/C16H28N2O3/c1-6-12-13(19)17-16(4,11-7-8-11)14(20)18(12)10-9-15(2,3)21-5/h11-12H,6-10H2,1-5H3,(H,17,19). The Morgan fingerprint density at radius 2 is 2.00 bits per heavy atom. The number of hydrogen-bond donors (Lipinski definition) is 1. The first kappa shape index (κ1) is 16.3. The largest absolute Gasteiger partial charge is 0.379 e. The number of nitrogens with one attached hydrogen (secondary N) is 1. The van der Waals surface area contributed by atoms with Gasteiger partial charge in [-0.1, -0.05) is 6.92 Å². The molecule has 1 N–H and O–H groups in total. The maximum Gasteiger partial charge on any atom is 0.249 e. The van der Waals surface area contributed by atoms with Gasteiger partial charge in [0.15, 0.2) is 0 Å². The average molecular weight is 296 g/mol. The van der Waals surface area contributed by atoms with Crippen molar-refractivity contribution in [3.8, 4) is 0 Å². The van der Waals surface area contributed by atoms with E-state index in [0.29, 0.717) is 18.9 Å². The number of rotatable bonds is 6. The highest BCUT2D eigenvalue weighted by atomic mass is 16.5. The minimum Gasteiger partial charge on any atom is -0.379 e. The van der Waals surface area contributed by atoms with Crippen LogP contribution in [-0.4, -0.2) is 47.6 Å². The molecule has 5 nitrogen and oxygen atoms in total. The van der Waals surface area contributed by atoms with Crippen LogP contribution in [0.4, 0.5) is 0 Å². The number of carbonyl (C=O) groups is 2. The zero-order valence-electron chi connectivity index (χ0n) is 13.9. The molecule has 1 aliphatic heterocycles. The molecule has 2 unspecified atom stereocenters. The highest BCUT2D eigenvalue weighted by molar-refractivity contribution is 6.00. The van der Waals surface area contributed by atoms with Gasteiger partial charge < -0.3 is 15.0 Å². The molecule has 1 heterocycles. The first-order valence-electron chi connectivity index (χ1n) is 7.93. The lowest BCUT2D eigenvalue weighted by Gasteiger charge is -2.45. The molecule has 2 amide bonds. The fraction of sp³-hybridized carbons (Fsp3) is 0.875. The van der Waals surface area contributed by atoms with Gasteiger partial charge in [-0.2, -0.15) is 0 Å². The molecule has 0 spiro atoms. The number of methoxy groups -OCH3 is 1. The normalized spacial score (nSPS) is 30.5. The van der Waals surface area contributed by atoms with Crippen LogP contribution in [0.25, 0.3) is 0 Å². The van der Waals surface area contributed by atoms with E-state index in [9.17, 15) is 9.59 Å². The number of carbonyl (C=O) groups excluding carboxylic acids is 2. The monoisotopic (exact) mass is 296 g/mol. The van der Waals surface area contributed by atoms with Gasteiger partial charge in [-0.3, -0.25) is 9.59 Å². The number of hydrogen-bond acceptors (Lipinski definition) is 3. The zero-order valence-corrected chi connectivity index (χ0v) is 13.9. The first-order chi connectivity index (χ1) is 9.75. The average Bonchev–Trinajstić information content (AvgIpc) is 3.26. The Kier molecular flexibility index (Phi) is 4.34. The Morgan fingerprint density at radius 3 is 2.48 bits per heavy atom. The van der Waals surface area contributed by atoms with E-state index in [2.05, 4.69) is 5.32 Å². The van der Waals surface area contributed by atoms with Crippen LogP contribution in [0.3, 0.4) is 0 Å². The summed E-state index contributed by atoms with van der Waals surface area (Å²) in [6.45, 7) is 8.40. The van der Waals surface area contributed by atoms with E-state index in [4.69, 9.17) is 4.74 Å². The van der Waals surface area contributed by atoms with Crippen LogP contribution in [0.1, 0.15) is 53.4 Å². The molecule has 0 aromatic rings. The highest BCUT2D eigenvalue weighted by Gasteiger charge is 2.54. The van der Waals surface area contributed by atoms with Crippen molar-refractivity contribution < 1.29 is 14.3 Å². The van der Waals surface area contributed by atoms with Crippen LogP contribution in [0.2, 0.25) is 0 Å². The van der Waals surface area contributed by atoms with Crippen molar-refractivity contribution in [1.82, 2.24) is 10.2 Å². The molecule has 5 heteroatoms. The van der Waals surface area contributed by atoms with Crippen molar-refractivity contribution in [2.45, 2.75) is 70.6 Å². The molecule has 0 bridgehead atoms. The summed E-state index contributed by atoms with van der Waals surface area (Å²) in [6.07, 6.45) is 3.42. The summed E-state index contributed by atoms with van der Waals surface area (Å²) in [6, 6.07) is -0.350. The van der Waals surface area contributed by atoms with E-state index < -0.39 is 5.54 Å². The van der Waals surface area contributed by atoms with Gasteiger partial charge >= 0.3 is 0 Å². The SMILES string of the molecule is CCC1C(=O)NC(C)(C2CC2)C(=O)N1CCC(C)(C)OC. The first-order valence-corrected chi connectivity index (χ1v) is 7.93. The quantitative estimate of drug-likeness (QED) is 0.812. The van der Waals surface area contributed by atoms with Gasteiger partial charge in [0, 0.05) is 13.7 Å². The summed E-state index contributed by atoms with van der Waals surface area (Å²) in [5.41, 5.74) is -0.998. The second kappa shape index (κ2) is 5.59. The smallest absolute Gasteiger partial charge is 0.249 e. The summed E-state index contributed by atoms with van der Waals surface area (Å²) in [5, 5.41) is 2.99. The minimum absolute atomic E-state index is 0.0123. The Bertz CT molecular complexity index is 431. The van der Waals surface area contributed by atoms with Gasteiger partial charge in [0.1, 0.15) is 11.6 Å². The molecule has 0 aromatic heterocycles. The molecule has 2 aliphatic rings. The minimum atomic E-state index is -0.708. The van der Waals surface area contributed by atoms with Gasteiger partial charge in [-0.25, -0.2) is 0 Å². The lowest BCUT2D eigenvalue weighted by Crippen LogP contribution is -2.70. The summed E-state index contributed by atoms with van der Waals surface area (Å²) in [5.74, 6) is 0.356. The molecule has 2 atom stereocenters. The highest BCUT2D eigenvalue weighted by Crippen LogP contribution is 2.42. The maximum absolute atomic E-state index is 12.9. The Morgan fingerprint density at radius 1 is 1.38 bits per heavy atom. The third kappa shape index (κ3) is 3.07. The summed E-state index contributed by atoms with van der Waals surface area (Å²) >= 11 is 0. The van der Waals surface area contributed by atoms with Crippen LogP contribution in [-0.2, 0) is 14.3 Å². The van der Waals surface area contributed by atoms with Gasteiger partial charge in [-0.05, 0) is 52.4 Å². The van der Waals surface area contributed by atoms with Crippen LogP contribution in [0.15, 0.2) is 0 Å². The van der Waals surface area contributed by atoms with E-state index in [1.165, 1.54) is 0 Å². The number of ether oxygens (including phenoxy) is 1. The maximum atomic E-state index is 12.9. The van der Waals surface area contributed by atoms with Crippen molar-refractivity contribution in [2.24, 2.45) is 5.92 Å². The summed E-state index contributed by atoms with van der Waals surface area (Å²) < 4.78 is 5.43. The molecule has 0 radical (unpaired) electrons. The third-order valence-corrected chi connectivity index (χ3v) is 5.05. The van der Waals surface area contributed by atoms with Crippen LogP contribution >= 0.6 is 0 Å². The molecule has 120 valence electrons. The molecular formula is C16H28N2O3. The van der Waals surface area contributed by atoms with Crippen LogP contribution < -0.4 is 5.32 Å². The molecule has 1 saturated carbocycles. The third-order valence-electron chi connectivity index (χ3n) is 5.05. The lowest BCUT2D eigenvalue weighted by molar-refractivity contribution is -0.156. The fourth-order valence-corrected chi connectivity index (χ4v) is 3.07. The van der Waals surface area contributed by atoms with Crippen molar-refractivity contribution in [2.75, 3.05) is 13.7 Å². The van der Waals surface area contributed by atoms with Gasteiger partial charge in [0.05, 0.1) is 5.60 Å². The van der Waals surface area contributed by atoms with E-state index >= 15 is 0 Å². The van der Waals surface area contributed by atoms with Crippen molar-refractivity contribution >= 4 is 11.8 Å². The van der Waals surface area contributed by atoms with Gasteiger partial charge in [0.25, 0.3) is 0 Å². The second-order valence-corrected chi connectivity index (χ2v) is 7.10. The molecule has 2 rings (SSSR count). The fourth-order valence-electron chi connectivity index (χ4n) is 3.07. The van der Waals surface area contributed by atoms with E-state index in [-0.39, 0.29) is 23.5 Å². The second-order valence-electron chi connectivity index (χ2n) is 7.10. The summed E-state index contributed by atoms with van der Waals surface area (Å²) in [7, 11) is 1.68.